The quantitative estimate of drug-likeness (QED) is 0.713. The molecule has 0 spiro atoms. The van der Waals surface area contributed by atoms with Crippen molar-refractivity contribution in [1.82, 2.24) is 4.90 Å². The number of nitrogens with zero attached hydrogens (tertiary/aromatic N) is 2. The number of hydrogen-bond acceptors (Lipinski definition) is 2. The zero-order valence-corrected chi connectivity index (χ0v) is 10.4. The Balaban J connectivity index is 2.49. The molecular weight excluding hydrogens is 184 g/mol. The summed E-state index contributed by atoms with van der Waals surface area (Å²) in [5.74, 6) is 1.67. The van der Waals surface area contributed by atoms with Crippen molar-refractivity contribution in [2.24, 2.45) is 11.8 Å². The summed E-state index contributed by atoms with van der Waals surface area (Å²) in [6.07, 6.45) is 4.84. The highest BCUT2D eigenvalue weighted by Gasteiger charge is 2.23. The molecule has 0 aromatic heterocycles. The lowest BCUT2D eigenvalue weighted by Crippen LogP contribution is -2.34. The molecule has 86 valence electrons. The molecule has 1 saturated heterocycles. The van der Waals surface area contributed by atoms with Crippen LogP contribution in [0.15, 0.2) is 0 Å². The Morgan fingerprint density at radius 1 is 1.33 bits per heavy atom. The largest absolute Gasteiger partial charge is 0.288 e. The molecule has 0 aromatic rings. The molecule has 1 aliphatic heterocycles. The zero-order chi connectivity index (χ0) is 11.3. The first-order chi connectivity index (χ1) is 7.19. The van der Waals surface area contributed by atoms with Crippen LogP contribution in [0.5, 0.6) is 0 Å². The van der Waals surface area contributed by atoms with Crippen molar-refractivity contribution < 1.29 is 0 Å². The van der Waals surface area contributed by atoms with Gasteiger partial charge >= 0.3 is 0 Å². The van der Waals surface area contributed by atoms with Crippen LogP contribution in [0, 0.1) is 23.2 Å². The van der Waals surface area contributed by atoms with Gasteiger partial charge in [-0.05, 0) is 50.6 Å². The van der Waals surface area contributed by atoms with E-state index in [-0.39, 0.29) is 6.04 Å². The molecule has 0 aromatic carbocycles. The summed E-state index contributed by atoms with van der Waals surface area (Å²) in [5.41, 5.74) is 0. The molecule has 0 N–H and O–H groups in total. The summed E-state index contributed by atoms with van der Waals surface area (Å²) < 4.78 is 0. The van der Waals surface area contributed by atoms with Crippen LogP contribution in [-0.4, -0.2) is 24.0 Å². The van der Waals surface area contributed by atoms with Gasteiger partial charge < -0.3 is 0 Å². The Labute approximate surface area is 94.3 Å². The first-order valence-corrected chi connectivity index (χ1v) is 6.32. The third-order valence-electron chi connectivity index (χ3n) is 3.73. The van der Waals surface area contributed by atoms with Crippen LogP contribution in [0.3, 0.4) is 0 Å². The summed E-state index contributed by atoms with van der Waals surface area (Å²) >= 11 is 0. The molecule has 15 heavy (non-hydrogen) atoms. The second-order valence-corrected chi connectivity index (χ2v) is 5.02. The summed E-state index contributed by atoms with van der Waals surface area (Å²) in [7, 11) is 0. The van der Waals surface area contributed by atoms with Crippen LogP contribution in [0.2, 0.25) is 0 Å². The minimum absolute atomic E-state index is 0.149. The maximum absolute atomic E-state index is 9.05. The molecule has 0 saturated carbocycles. The van der Waals surface area contributed by atoms with Gasteiger partial charge in [0.2, 0.25) is 0 Å². The highest BCUT2D eigenvalue weighted by atomic mass is 15.1. The molecule has 1 aliphatic rings. The van der Waals surface area contributed by atoms with Crippen molar-refractivity contribution in [3.63, 3.8) is 0 Å². The van der Waals surface area contributed by atoms with Crippen LogP contribution >= 0.6 is 0 Å². The predicted octanol–water partition coefficient (Wildman–Crippen LogP) is 3.05. The second-order valence-electron chi connectivity index (χ2n) is 5.02. The summed E-state index contributed by atoms with van der Waals surface area (Å²) in [6.45, 7) is 8.99. The van der Waals surface area contributed by atoms with Crippen molar-refractivity contribution in [3.8, 4) is 6.07 Å². The molecule has 0 amide bonds. The van der Waals surface area contributed by atoms with E-state index in [9.17, 15) is 0 Å². The average molecular weight is 208 g/mol. The van der Waals surface area contributed by atoms with Crippen LogP contribution < -0.4 is 0 Å². The van der Waals surface area contributed by atoms with Crippen LogP contribution in [0.4, 0.5) is 0 Å². The fourth-order valence-corrected chi connectivity index (χ4v) is 2.55. The molecule has 1 fully saturated rings. The van der Waals surface area contributed by atoms with E-state index in [2.05, 4.69) is 31.7 Å². The van der Waals surface area contributed by atoms with Gasteiger partial charge in [-0.2, -0.15) is 5.26 Å². The Hall–Kier alpha value is -0.550. The van der Waals surface area contributed by atoms with Crippen molar-refractivity contribution >= 4 is 0 Å². The molecule has 0 bridgehead atoms. The maximum Gasteiger partial charge on any atom is 0.0975 e. The van der Waals surface area contributed by atoms with E-state index in [0.717, 1.165) is 31.3 Å². The monoisotopic (exact) mass is 208 g/mol. The first-order valence-electron chi connectivity index (χ1n) is 6.32. The molecule has 0 aliphatic carbocycles. The molecule has 2 nitrogen and oxygen atoms in total. The normalized spacial score (nSPS) is 25.9. The van der Waals surface area contributed by atoms with E-state index >= 15 is 0 Å². The topological polar surface area (TPSA) is 27.0 Å². The highest BCUT2D eigenvalue weighted by Crippen LogP contribution is 2.25. The minimum Gasteiger partial charge on any atom is -0.288 e. The third-order valence-corrected chi connectivity index (χ3v) is 3.73. The minimum atomic E-state index is 0.149. The van der Waals surface area contributed by atoms with Gasteiger partial charge in [-0.15, -0.1) is 0 Å². The van der Waals surface area contributed by atoms with Gasteiger partial charge in [-0.3, -0.25) is 4.90 Å². The fourth-order valence-electron chi connectivity index (χ4n) is 2.55. The number of hydrogen-bond donors (Lipinski definition) is 0. The first kappa shape index (κ1) is 12.5. The van der Waals surface area contributed by atoms with Gasteiger partial charge in [-0.25, -0.2) is 0 Å². The summed E-state index contributed by atoms with van der Waals surface area (Å²) in [5, 5.41) is 9.05. The second kappa shape index (κ2) is 6.12. The Kier molecular flexibility index (Phi) is 5.11. The van der Waals surface area contributed by atoms with Gasteiger partial charge in [0.1, 0.15) is 0 Å². The number of likely N-dealkylation sites (tertiary alicyclic amines) is 1. The summed E-state index contributed by atoms with van der Waals surface area (Å²) in [6, 6.07) is 2.57. The highest BCUT2D eigenvalue weighted by molar-refractivity contribution is 4.91. The molecule has 2 unspecified atom stereocenters. The van der Waals surface area contributed by atoms with Gasteiger partial charge in [0, 0.05) is 0 Å². The standard InChI is InChI=1S/C13H24N2/c1-4-13(10-14)15-8-5-6-12(7-9-15)11(2)3/h11-13H,4-9H2,1-3H3. The lowest BCUT2D eigenvalue weighted by molar-refractivity contribution is 0.231. The van der Waals surface area contributed by atoms with Crippen LogP contribution in [0.1, 0.15) is 46.5 Å². The maximum atomic E-state index is 9.05. The van der Waals surface area contributed by atoms with E-state index in [1.807, 2.05) is 0 Å². The predicted molar refractivity (Wildman–Crippen MR) is 63.4 cm³/mol. The molecule has 2 atom stereocenters. The van der Waals surface area contributed by atoms with Crippen molar-refractivity contribution in [1.29, 1.82) is 5.26 Å². The molecule has 1 heterocycles. The van der Waals surface area contributed by atoms with E-state index in [1.165, 1.54) is 19.3 Å². The number of rotatable bonds is 3. The average Bonchev–Trinajstić information content (AvgIpc) is 2.45. The van der Waals surface area contributed by atoms with Crippen LogP contribution in [-0.2, 0) is 0 Å². The Bertz CT molecular complexity index is 217. The molecule has 0 radical (unpaired) electrons. The van der Waals surface area contributed by atoms with Gasteiger partial charge in [-0.1, -0.05) is 20.8 Å². The van der Waals surface area contributed by atoms with Gasteiger partial charge in [0.25, 0.3) is 0 Å². The third kappa shape index (κ3) is 3.50. The van der Waals surface area contributed by atoms with E-state index in [1.54, 1.807) is 0 Å². The van der Waals surface area contributed by atoms with Crippen molar-refractivity contribution in [3.05, 3.63) is 0 Å². The number of nitriles is 1. The lowest BCUT2D eigenvalue weighted by atomic mass is 9.89. The van der Waals surface area contributed by atoms with E-state index < -0.39 is 0 Å². The Morgan fingerprint density at radius 2 is 2.07 bits per heavy atom. The SMILES string of the molecule is CCC(C#N)N1CCCC(C(C)C)CC1. The molecular formula is C13H24N2. The van der Waals surface area contributed by atoms with E-state index in [0.29, 0.717) is 0 Å². The Morgan fingerprint density at radius 3 is 2.60 bits per heavy atom. The zero-order valence-electron chi connectivity index (χ0n) is 10.4. The van der Waals surface area contributed by atoms with Crippen molar-refractivity contribution in [2.75, 3.05) is 13.1 Å². The fraction of sp³-hybridized carbons (Fsp3) is 0.923. The van der Waals surface area contributed by atoms with Crippen molar-refractivity contribution in [2.45, 2.75) is 52.5 Å². The van der Waals surface area contributed by atoms with Gasteiger partial charge in [0.05, 0.1) is 12.1 Å². The lowest BCUT2D eigenvalue weighted by Gasteiger charge is -2.24. The van der Waals surface area contributed by atoms with Crippen LogP contribution in [0.25, 0.3) is 0 Å². The van der Waals surface area contributed by atoms with E-state index in [4.69, 9.17) is 5.26 Å². The summed E-state index contributed by atoms with van der Waals surface area (Å²) in [4.78, 5) is 2.38. The molecule has 2 heteroatoms. The van der Waals surface area contributed by atoms with Gasteiger partial charge in [0.15, 0.2) is 0 Å². The smallest absolute Gasteiger partial charge is 0.0975 e. The molecule has 1 rings (SSSR count).